The van der Waals surface area contributed by atoms with Crippen LogP contribution in [-0.4, -0.2) is 40.0 Å². The fourth-order valence-electron chi connectivity index (χ4n) is 3.71. The van der Waals surface area contributed by atoms with Crippen molar-refractivity contribution in [2.75, 3.05) is 18.4 Å². The first kappa shape index (κ1) is 20.1. The van der Waals surface area contributed by atoms with Crippen molar-refractivity contribution in [3.63, 3.8) is 0 Å². The second-order valence-electron chi connectivity index (χ2n) is 7.91. The lowest BCUT2D eigenvalue weighted by atomic mass is 9.94. The number of carbonyl (C=O) groups is 2. The summed E-state index contributed by atoms with van der Waals surface area (Å²) in [6.07, 6.45) is 6.19. The molecule has 2 amide bonds. The molecule has 1 atom stereocenters. The standard InChI is InChI=1S/C23H25FN4O2/c1-3-22(29)28-10-4-5-17(13-28)18-9-8-16(11-19(18)24)14(2)23(30)25-21-12-20(26-27-21)15-6-7-15/h3,5,8-9,11-12,14-15H,1,4,6-7,10,13H2,2H3,(H2,25,26,27,30). The molecular weight excluding hydrogens is 383 g/mol. The number of aromatic amines is 1. The Morgan fingerprint density at radius 3 is 2.87 bits per heavy atom. The smallest absolute Gasteiger partial charge is 0.246 e. The highest BCUT2D eigenvalue weighted by Gasteiger charge is 2.26. The Labute approximate surface area is 174 Å². The van der Waals surface area contributed by atoms with Crippen molar-refractivity contribution in [1.29, 1.82) is 0 Å². The number of nitrogens with one attached hydrogen (secondary N) is 2. The van der Waals surface area contributed by atoms with Gasteiger partial charge in [0.05, 0.1) is 5.92 Å². The zero-order valence-electron chi connectivity index (χ0n) is 17.0. The minimum Gasteiger partial charge on any atom is -0.335 e. The van der Waals surface area contributed by atoms with E-state index >= 15 is 0 Å². The molecule has 30 heavy (non-hydrogen) atoms. The molecule has 1 aromatic carbocycles. The van der Waals surface area contributed by atoms with Crippen LogP contribution in [0.4, 0.5) is 10.2 Å². The second kappa shape index (κ2) is 8.26. The summed E-state index contributed by atoms with van der Waals surface area (Å²) in [6, 6.07) is 6.70. The first-order chi connectivity index (χ1) is 14.5. The molecule has 156 valence electrons. The van der Waals surface area contributed by atoms with Crippen LogP contribution >= 0.6 is 0 Å². The Balaban J connectivity index is 1.45. The van der Waals surface area contributed by atoms with Gasteiger partial charge in [-0.25, -0.2) is 4.39 Å². The van der Waals surface area contributed by atoms with Gasteiger partial charge >= 0.3 is 0 Å². The zero-order valence-corrected chi connectivity index (χ0v) is 17.0. The number of nitrogens with zero attached hydrogens (tertiary/aromatic N) is 2. The van der Waals surface area contributed by atoms with E-state index in [1.165, 1.54) is 12.1 Å². The van der Waals surface area contributed by atoms with Crippen LogP contribution in [0.3, 0.4) is 0 Å². The van der Waals surface area contributed by atoms with Gasteiger partial charge in [0.2, 0.25) is 11.8 Å². The Kier molecular flexibility index (Phi) is 5.53. The van der Waals surface area contributed by atoms with Crippen molar-refractivity contribution in [3.8, 4) is 0 Å². The van der Waals surface area contributed by atoms with E-state index in [-0.39, 0.29) is 11.8 Å². The highest BCUT2D eigenvalue weighted by atomic mass is 19.1. The number of rotatable bonds is 6. The lowest BCUT2D eigenvalue weighted by Crippen LogP contribution is -2.34. The summed E-state index contributed by atoms with van der Waals surface area (Å²) < 4.78 is 14.9. The highest BCUT2D eigenvalue weighted by molar-refractivity contribution is 5.95. The molecule has 1 saturated carbocycles. The van der Waals surface area contributed by atoms with E-state index in [4.69, 9.17) is 0 Å². The zero-order chi connectivity index (χ0) is 21.3. The fraction of sp³-hybridized carbons (Fsp3) is 0.348. The van der Waals surface area contributed by atoms with Crippen LogP contribution in [0.5, 0.6) is 0 Å². The van der Waals surface area contributed by atoms with Crippen LogP contribution in [0, 0.1) is 5.82 Å². The van der Waals surface area contributed by atoms with Crippen LogP contribution in [-0.2, 0) is 9.59 Å². The summed E-state index contributed by atoms with van der Waals surface area (Å²) in [7, 11) is 0. The van der Waals surface area contributed by atoms with Gasteiger partial charge in [-0.05, 0) is 49.5 Å². The highest BCUT2D eigenvalue weighted by Crippen LogP contribution is 2.39. The number of hydrogen-bond acceptors (Lipinski definition) is 3. The van der Waals surface area contributed by atoms with Crippen molar-refractivity contribution in [2.45, 2.75) is 38.0 Å². The second-order valence-corrected chi connectivity index (χ2v) is 7.91. The van der Waals surface area contributed by atoms with E-state index < -0.39 is 11.7 Å². The van der Waals surface area contributed by atoms with Crippen molar-refractivity contribution < 1.29 is 14.0 Å². The third-order valence-corrected chi connectivity index (χ3v) is 5.74. The van der Waals surface area contributed by atoms with Gasteiger partial charge in [-0.15, -0.1) is 0 Å². The van der Waals surface area contributed by atoms with E-state index in [9.17, 15) is 14.0 Å². The molecule has 0 radical (unpaired) electrons. The number of carbonyl (C=O) groups excluding carboxylic acids is 2. The monoisotopic (exact) mass is 408 g/mol. The Morgan fingerprint density at radius 2 is 2.17 bits per heavy atom. The van der Waals surface area contributed by atoms with Crippen molar-refractivity contribution >= 4 is 23.2 Å². The number of anilines is 1. The molecule has 1 aliphatic carbocycles. The molecule has 2 aromatic rings. The van der Waals surface area contributed by atoms with Gasteiger partial charge in [-0.2, -0.15) is 5.10 Å². The van der Waals surface area contributed by atoms with Crippen molar-refractivity contribution in [1.82, 2.24) is 15.1 Å². The van der Waals surface area contributed by atoms with Gasteiger partial charge in [-0.3, -0.25) is 14.7 Å². The predicted octanol–water partition coefficient (Wildman–Crippen LogP) is 3.97. The van der Waals surface area contributed by atoms with E-state index in [0.29, 0.717) is 42.4 Å². The molecule has 4 rings (SSSR count). The summed E-state index contributed by atoms with van der Waals surface area (Å²) in [5.74, 6) is -0.322. The fourth-order valence-corrected chi connectivity index (χ4v) is 3.71. The maximum absolute atomic E-state index is 14.9. The van der Waals surface area contributed by atoms with Crippen molar-refractivity contribution in [3.05, 3.63) is 65.6 Å². The van der Waals surface area contributed by atoms with E-state index in [2.05, 4.69) is 22.1 Å². The van der Waals surface area contributed by atoms with Crippen LogP contribution in [0.15, 0.2) is 43.0 Å². The maximum Gasteiger partial charge on any atom is 0.246 e. The average Bonchev–Trinajstić information content (AvgIpc) is 3.51. The molecule has 0 saturated heterocycles. The number of benzene rings is 1. The molecule has 1 fully saturated rings. The third kappa shape index (κ3) is 4.20. The molecule has 1 aromatic heterocycles. The molecule has 6 nitrogen and oxygen atoms in total. The molecule has 2 heterocycles. The molecule has 1 aliphatic heterocycles. The van der Waals surface area contributed by atoms with Crippen LogP contribution in [0.2, 0.25) is 0 Å². The number of H-pyrrole nitrogens is 1. The first-order valence-corrected chi connectivity index (χ1v) is 10.2. The minimum atomic E-state index is -0.534. The van der Waals surface area contributed by atoms with Gasteiger partial charge in [-0.1, -0.05) is 24.8 Å². The largest absolute Gasteiger partial charge is 0.335 e. The van der Waals surface area contributed by atoms with E-state index in [1.807, 2.05) is 12.1 Å². The van der Waals surface area contributed by atoms with E-state index in [0.717, 1.165) is 24.1 Å². The Morgan fingerprint density at radius 1 is 1.37 bits per heavy atom. The lowest BCUT2D eigenvalue weighted by Gasteiger charge is -2.27. The first-order valence-electron chi connectivity index (χ1n) is 10.2. The summed E-state index contributed by atoms with van der Waals surface area (Å²) in [4.78, 5) is 26.1. The van der Waals surface area contributed by atoms with Crippen LogP contribution < -0.4 is 5.32 Å². The molecule has 7 heteroatoms. The number of hydrogen-bond donors (Lipinski definition) is 2. The normalized spacial score (nSPS) is 17.3. The quantitative estimate of drug-likeness (QED) is 0.710. The van der Waals surface area contributed by atoms with Gasteiger partial charge in [0, 0.05) is 36.3 Å². The number of amides is 2. The van der Waals surface area contributed by atoms with Gasteiger partial charge < -0.3 is 10.2 Å². The maximum atomic E-state index is 14.9. The number of aromatic nitrogens is 2. The molecular formula is C23H25FN4O2. The minimum absolute atomic E-state index is 0.161. The van der Waals surface area contributed by atoms with E-state index in [1.54, 1.807) is 24.0 Å². The van der Waals surface area contributed by atoms with Gasteiger partial charge in [0.1, 0.15) is 5.82 Å². The molecule has 1 unspecified atom stereocenters. The molecule has 0 spiro atoms. The van der Waals surface area contributed by atoms with Gasteiger partial charge in [0.25, 0.3) is 0 Å². The summed E-state index contributed by atoms with van der Waals surface area (Å²) in [5.41, 5.74) is 2.84. The lowest BCUT2D eigenvalue weighted by molar-refractivity contribution is -0.125. The summed E-state index contributed by atoms with van der Waals surface area (Å²) in [5, 5.41) is 9.89. The molecule has 2 N–H and O–H groups in total. The average molecular weight is 408 g/mol. The summed E-state index contributed by atoms with van der Waals surface area (Å²) >= 11 is 0. The number of halogens is 1. The van der Waals surface area contributed by atoms with Gasteiger partial charge in [0.15, 0.2) is 5.82 Å². The predicted molar refractivity (Wildman–Crippen MR) is 113 cm³/mol. The molecule has 2 aliphatic rings. The topological polar surface area (TPSA) is 78.1 Å². The summed E-state index contributed by atoms with van der Waals surface area (Å²) in [6.45, 7) is 6.20. The van der Waals surface area contributed by atoms with Crippen molar-refractivity contribution in [2.24, 2.45) is 0 Å². The Bertz CT molecular complexity index is 1020. The van der Waals surface area contributed by atoms with Crippen LogP contribution in [0.25, 0.3) is 5.57 Å². The SMILES string of the molecule is C=CC(=O)N1CCC=C(c2ccc(C(C)C(=O)Nc3cc(C4CC4)[nH]n3)cc2F)C1. The third-order valence-electron chi connectivity index (χ3n) is 5.74. The molecule has 0 bridgehead atoms. The van der Waals surface area contributed by atoms with Crippen LogP contribution in [0.1, 0.15) is 54.8 Å². The Hall–Kier alpha value is -3.22.